The first kappa shape index (κ1) is 13.5. The molecule has 0 rings (SSSR count). The van der Waals surface area contributed by atoms with E-state index in [1.165, 1.54) is 6.42 Å². The Labute approximate surface area is 88.0 Å². The van der Waals surface area contributed by atoms with Crippen LogP contribution in [0, 0.1) is 6.92 Å². The molecule has 0 N–H and O–H groups in total. The van der Waals surface area contributed by atoms with Crippen LogP contribution in [0.15, 0.2) is 0 Å². The zero-order valence-electron chi connectivity index (χ0n) is 9.77. The van der Waals surface area contributed by atoms with Crippen LogP contribution in [0.1, 0.15) is 59.3 Å². The first-order valence-electron chi connectivity index (χ1n) is 5.47. The summed E-state index contributed by atoms with van der Waals surface area (Å²) in [6, 6.07) is 0. The van der Waals surface area contributed by atoms with E-state index in [9.17, 15) is 4.79 Å². The van der Waals surface area contributed by atoms with Crippen LogP contribution in [0.2, 0.25) is 0 Å². The minimum absolute atomic E-state index is 0.0767. The quantitative estimate of drug-likeness (QED) is 0.483. The molecule has 0 saturated carbocycles. The maximum atomic E-state index is 11.3. The zero-order chi connectivity index (χ0) is 11.0. The van der Waals surface area contributed by atoms with Gasteiger partial charge in [0.05, 0.1) is 0 Å². The lowest BCUT2D eigenvalue weighted by Crippen LogP contribution is -2.23. The maximum absolute atomic E-state index is 11.3. The minimum atomic E-state index is -0.343. The third-order valence-electron chi connectivity index (χ3n) is 1.80. The summed E-state index contributed by atoms with van der Waals surface area (Å²) in [7, 11) is 0. The molecule has 2 heteroatoms. The van der Waals surface area contributed by atoms with Gasteiger partial charge in [0, 0.05) is 6.42 Å². The summed E-state index contributed by atoms with van der Waals surface area (Å²) >= 11 is 0. The third kappa shape index (κ3) is 9.56. The lowest BCUT2D eigenvalue weighted by Gasteiger charge is -2.19. The lowest BCUT2D eigenvalue weighted by molar-refractivity contribution is -0.154. The van der Waals surface area contributed by atoms with Crippen molar-refractivity contribution in [1.29, 1.82) is 0 Å². The van der Waals surface area contributed by atoms with Crippen molar-refractivity contribution in [3.8, 4) is 0 Å². The summed E-state index contributed by atoms with van der Waals surface area (Å²) in [6.45, 7) is 9.46. The molecule has 2 nitrogen and oxygen atoms in total. The van der Waals surface area contributed by atoms with Crippen molar-refractivity contribution >= 4 is 5.97 Å². The Kier molecular flexibility index (Phi) is 6.60. The van der Waals surface area contributed by atoms with Crippen molar-refractivity contribution in [3.05, 3.63) is 6.92 Å². The van der Waals surface area contributed by atoms with Gasteiger partial charge >= 0.3 is 5.97 Å². The molecule has 0 aromatic carbocycles. The van der Waals surface area contributed by atoms with Gasteiger partial charge in [-0.15, -0.1) is 0 Å². The van der Waals surface area contributed by atoms with Gasteiger partial charge in [-0.2, -0.15) is 0 Å². The van der Waals surface area contributed by atoms with Crippen molar-refractivity contribution in [2.24, 2.45) is 0 Å². The second-order valence-electron chi connectivity index (χ2n) is 4.60. The predicted molar refractivity (Wildman–Crippen MR) is 58.9 cm³/mol. The lowest BCUT2D eigenvalue weighted by atomic mass is 10.1. The SMILES string of the molecule is [CH2]CCCCCCC(=O)OC(C)(C)C. The molecule has 0 atom stereocenters. The van der Waals surface area contributed by atoms with Crippen LogP contribution in [-0.2, 0) is 9.53 Å². The van der Waals surface area contributed by atoms with Crippen LogP contribution in [0.4, 0.5) is 0 Å². The highest BCUT2D eigenvalue weighted by Gasteiger charge is 2.15. The molecule has 0 aromatic heterocycles. The smallest absolute Gasteiger partial charge is 0.306 e. The van der Waals surface area contributed by atoms with E-state index in [0.717, 1.165) is 25.7 Å². The fourth-order valence-corrected chi connectivity index (χ4v) is 1.19. The zero-order valence-corrected chi connectivity index (χ0v) is 9.77. The van der Waals surface area contributed by atoms with Crippen LogP contribution in [-0.4, -0.2) is 11.6 Å². The molecule has 1 radical (unpaired) electrons. The molecule has 0 heterocycles. The topological polar surface area (TPSA) is 26.3 Å². The summed E-state index contributed by atoms with van der Waals surface area (Å²) in [4.78, 5) is 11.3. The van der Waals surface area contributed by atoms with Gasteiger partial charge in [-0.25, -0.2) is 0 Å². The molecular formula is C12H23O2. The van der Waals surface area contributed by atoms with E-state index in [1.807, 2.05) is 20.8 Å². The number of hydrogen-bond acceptors (Lipinski definition) is 2. The van der Waals surface area contributed by atoms with E-state index >= 15 is 0 Å². The first-order chi connectivity index (χ1) is 6.45. The molecule has 0 spiro atoms. The second-order valence-corrected chi connectivity index (χ2v) is 4.60. The highest BCUT2D eigenvalue weighted by atomic mass is 16.6. The van der Waals surface area contributed by atoms with Crippen molar-refractivity contribution in [1.82, 2.24) is 0 Å². The molecule has 0 saturated heterocycles. The average Bonchev–Trinajstić information content (AvgIpc) is 2.00. The molecule has 0 aliphatic carbocycles. The number of carbonyl (C=O) groups is 1. The van der Waals surface area contributed by atoms with Gasteiger partial charge in [-0.1, -0.05) is 32.6 Å². The average molecular weight is 199 g/mol. The van der Waals surface area contributed by atoms with E-state index in [1.54, 1.807) is 0 Å². The van der Waals surface area contributed by atoms with Gasteiger partial charge in [0.1, 0.15) is 5.60 Å². The number of carbonyl (C=O) groups excluding carboxylic acids is 1. The Balaban J connectivity index is 3.36. The maximum Gasteiger partial charge on any atom is 0.306 e. The summed E-state index contributed by atoms with van der Waals surface area (Å²) in [5.41, 5.74) is -0.343. The van der Waals surface area contributed by atoms with Crippen molar-refractivity contribution in [2.75, 3.05) is 0 Å². The fourth-order valence-electron chi connectivity index (χ4n) is 1.19. The molecule has 83 valence electrons. The predicted octanol–water partition coefficient (Wildman–Crippen LogP) is 3.50. The summed E-state index contributed by atoms with van der Waals surface area (Å²) in [5.74, 6) is -0.0767. The highest BCUT2D eigenvalue weighted by molar-refractivity contribution is 5.69. The van der Waals surface area contributed by atoms with E-state index in [2.05, 4.69) is 6.92 Å². The van der Waals surface area contributed by atoms with Gasteiger partial charge in [0.25, 0.3) is 0 Å². The molecule has 0 bridgehead atoms. The number of hydrogen-bond donors (Lipinski definition) is 0. The van der Waals surface area contributed by atoms with Crippen LogP contribution >= 0.6 is 0 Å². The highest BCUT2D eigenvalue weighted by Crippen LogP contribution is 2.11. The molecule has 0 aromatic rings. The second kappa shape index (κ2) is 6.86. The van der Waals surface area contributed by atoms with Gasteiger partial charge in [-0.3, -0.25) is 4.79 Å². The Morgan fingerprint density at radius 2 is 1.71 bits per heavy atom. The minimum Gasteiger partial charge on any atom is -0.460 e. The van der Waals surface area contributed by atoms with Gasteiger partial charge < -0.3 is 4.74 Å². The molecule has 0 aliphatic heterocycles. The summed E-state index contributed by atoms with van der Waals surface area (Å²) < 4.78 is 5.19. The number of ether oxygens (including phenoxy) is 1. The number of rotatable bonds is 6. The van der Waals surface area contributed by atoms with Crippen LogP contribution in [0.25, 0.3) is 0 Å². The van der Waals surface area contributed by atoms with E-state index in [4.69, 9.17) is 4.74 Å². The van der Waals surface area contributed by atoms with Gasteiger partial charge in [0.15, 0.2) is 0 Å². The summed E-state index contributed by atoms with van der Waals surface area (Å²) in [5, 5.41) is 0. The third-order valence-corrected chi connectivity index (χ3v) is 1.80. The fraction of sp³-hybridized carbons (Fsp3) is 0.833. The monoisotopic (exact) mass is 199 g/mol. The molecule has 0 amide bonds. The van der Waals surface area contributed by atoms with E-state index in [-0.39, 0.29) is 11.6 Å². The summed E-state index contributed by atoms with van der Waals surface area (Å²) in [6.07, 6.45) is 5.92. The van der Waals surface area contributed by atoms with Gasteiger partial charge in [0.2, 0.25) is 0 Å². The Bertz CT molecular complexity index is 156. The molecule has 0 aliphatic rings. The van der Waals surface area contributed by atoms with Crippen LogP contribution in [0.5, 0.6) is 0 Å². The van der Waals surface area contributed by atoms with Crippen molar-refractivity contribution in [3.63, 3.8) is 0 Å². The van der Waals surface area contributed by atoms with E-state index < -0.39 is 0 Å². The molecule has 0 unspecified atom stereocenters. The first-order valence-corrected chi connectivity index (χ1v) is 5.47. The van der Waals surface area contributed by atoms with Crippen LogP contribution < -0.4 is 0 Å². The standard InChI is InChI=1S/C12H23O2/c1-5-6-7-8-9-10-11(13)14-12(2,3)4/h1,5-10H2,2-4H3. The number of unbranched alkanes of at least 4 members (excludes halogenated alkanes) is 4. The molecule has 0 fully saturated rings. The Hall–Kier alpha value is -0.530. The van der Waals surface area contributed by atoms with Crippen LogP contribution in [0.3, 0.4) is 0 Å². The normalized spacial score (nSPS) is 11.4. The molecular weight excluding hydrogens is 176 g/mol. The largest absolute Gasteiger partial charge is 0.460 e. The van der Waals surface area contributed by atoms with Crippen molar-refractivity contribution < 1.29 is 9.53 Å². The number of esters is 1. The molecule has 14 heavy (non-hydrogen) atoms. The Morgan fingerprint density at radius 3 is 2.21 bits per heavy atom. The van der Waals surface area contributed by atoms with Crippen molar-refractivity contribution in [2.45, 2.75) is 64.9 Å². The van der Waals surface area contributed by atoms with Gasteiger partial charge in [-0.05, 0) is 27.2 Å². The van der Waals surface area contributed by atoms with E-state index in [0.29, 0.717) is 6.42 Å². The Morgan fingerprint density at radius 1 is 1.14 bits per heavy atom.